The smallest absolute Gasteiger partial charge is 0.0159 e. The Morgan fingerprint density at radius 3 is 2.56 bits per heavy atom. The van der Waals surface area contributed by atoms with Crippen LogP contribution in [0.1, 0.15) is 60.3 Å². The molecule has 1 aliphatic carbocycles. The molecule has 2 heteroatoms. The molecule has 1 rings (SSSR count). The second-order valence-electron chi connectivity index (χ2n) is 6.87. The average molecular weight is 254 g/mol. The first-order valence-corrected chi connectivity index (χ1v) is 7.86. The summed E-state index contributed by atoms with van der Waals surface area (Å²) in [5.74, 6) is 0.813. The molecule has 3 atom stereocenters. The maximum Gasteiger partial charge on any atom is 0.0159 e. The van der Waals surface area contributed by atoms with E-state index in [1.54, 1.807) is 0 Å². The lowest BCUT2D eigenvalue weighted by Gasteiger charge is -2.46. The maximum atomic E-state index is 3.76. The summed E-state index contributed by atoms with van der Waals surface area (Å²) < 4.78 is 0. The molecular formula is C16H34N2. The fourth-order valence-electron chi connectivity index (χ4n) is 3.50. The predicted octanol–water partition coefficient (Wildman–Crippen LogP) is 3.52. The Balaban J connectivity index is 2.66. The SMILES string of the molecule is CCNC1C(CN(C)C(C)CC)CCCC1(C)C. The van der Waals surface area contributed by atoms with Crippen molar-refractivity contribution in [1.29, 1.82) is 0 Å². The number of hydrogen-bond donors (Lipinski definition) is 1. The third-order valence-corrected chi connectivity index (χ3v) is 5.00. The van der Waals surface area contributed by atoms with Crippen molar-refractivity contribution in [2.75, 3.05) is 20.1 Å². The number of nitrogens with zero attached hydrogens (tertiary/aromatic N) is 1. The van der Waals surface area contributed by atoms with E-state index in [2.05, 4.69) is 51.9 Å². The maximum absolute atomic E-state index is 3.76. The lowest BCUT2D eigenvalue weighted by Crippen LogP contribution is -2.53. The van der Waals surface area contributed by atoms with Crippen molar-refractivity contribution >= 4 is 0 Å². The van der Waals surface area contributed by atoms with Gasteiger partial charge in [-0.2, -0.15) is 0 Å². The zero-order valence-corrected chi connectivity index (χ0v) is 13.4. The van der Waals surface area contributed by atoms with Gasteiger partial charge < -0.3 is 10.2 Å². The van der Waals surface area contributed by atoms with Gasteiger partial charge in [0.1, 0.15) is 0 Å². The van der Waals surface area contributed by atoms with E-state index >= 15 is 0 Å². The van der Waals surface area contributed by atoms with Gasteiger partial charge in [0.2, 0.25) is 0 Å². The number of nitrogens with one attached hydrogen (secondary N) is 1. The zero-order valence-electron chi connectivity index (χ0n) is 13.4. The molecule has 0 amide bonds. The minimum Gasteiger partial charge on any atom is -0.313 e. The summed E-state index contributed by atoms with van der Waals surface area (Å²) in [6, 6.07) is 1.39. The van der Waals surface area contributed by atoms with Crippen molar-refractivity contribution in [3.63, 3.8) is 0 Å². The molecule has 18 heavy (non-hydrogen) atoms. The van der Waals surface area contributed by atoms with Crippen LogP contribution in [0.15, 0.2) is 0 Å². The third-order valence-electron chi connectivity index (χ3n) is 5.00. The minimum atomic E-state index is 0.454. The van der Waals surface area contributed by atoms with Gasteiger partial charge in [0.25, 0.3) is 0 Å². The van der Waals surface area contributed by atoms with Crippen LogP contribution in [0, 0.1) is 11.3 Å². The van der Waals surface area contributed by atoms with E-state index in [0.29, 0.717) is 17.5 Å². The molecule has 1 N–H and O–H groups in total. The fourth-order valence-corrected chi connectivity index (χ4v) is 3.50. The van der Waals surface area contributed by atoms with E-state index in [9.17, 15) is 0 Å². The molecular weight excluding hydrogens is 220 g/mol. The van der Waals surface area contributed by atoms with Gasteiger partial charge in [0, 0.05) is 18.6 Å². The van der Waals surface area contributed by atoms with Crippen LogP contribution >= 0.6 is 0 Å². The van der Waals surface area contributed by atoms with E-state index < -0.39 is 0 Å². The van der Waals surface area contributed by atoms with Crippen LogP contribution in [0.3, 0.4) is 0 Å². The van der Waals surface area contributed by atoms with Gasteiger partial charge in [-0.05, 0) is 51.1 Å². The first kappa shape index (κ1) is 16.0. The lowest BCUT2D eigenvalue weighted by molar-refractivity contribution is 0.0768. The van der Waals surface area contributed by atoms with Crippen molar-refractivity contribution in [1.82, 2.24) is 10.2 Å². The normalized spacial score (nSPS) is 29.5. The van der Waals surface area contributed by atoms with Crippen molar-refractivity contribution in [3.8, 4) is 0 Å². The molecule has 108 valence electrons. The van der Waals surface area contributed by atoms with Gasteiger partial charge in [-0.25, -0.2) is 0 Å². The van der Waals surface area contributed by atoms with E-state index in [4.69, 9.17) is 0 Å². The summed E-state index contributed by atoms with van der Waals surface area (Å²) in [6.45, 7) is 14.1. The standard InChI is InChI=1S/C16H34N2/c1-7-13(3)18(6)12-14-10-9-11-16(4,5)15(14)17-8-2/h13-15,17H,7-12H2,1-6H3. The molecule has 0 aromatic heterocycles. The summed E-state index contributed by atoms with van der Waals surface area (Å²) in [5.41, 5.74) is 0.454. The Morgan fingerprint density at radius 1 is 1.33 bits per heavy atom. The van der Waals surface area contributed by atoms with Crippen LogP contribution in [0.4, 0.5) is 0 Å². The monoisotopic (exact) mass is 254 g/mol. The number of hydrogen-bond acceptors (Lipinski definition) is 2. The fraction of sp³-hybridized carbons (Fsp3) is 1.00. The molecule has 0 spiro atoms. The van der Waals surface area contributed by atoms with E-state index in [-0.39, 0.29) is 0 Å². The summed E-state index contributed by atoms with van der Waals surface area (Å²) in [4.78, 5) is 2.55. The topological polar surface area (TPSA) is 15.3 Å². The third kappa shape index (κ3) is 3.96. The van der Waals surface area contributed by atoms with Gasteiger partial charge in [-0.15, -0.1) is 0 Å². The van der Waals surface area contributed by atoms with Gasteiger partial charge in [0.15, 0.2) is 0 Å². The summed E-state index contributed by atoms with van der Waals surface area (Å²) in [6.07, 6.45) is 5.41. The van der Waals surface area contributed by atoms with Gasteiger partial charge in [-0.3, -0.25) is 0 Å². The van der Waals surface area contributed by atoms with E-state index in [0.717, 1.165) is 12.5 Å². The second-order valence-corrected chi connectivity index (χ2v) is 6.87. The lowest BCUT2D eigenvalue weighted by atomic mass is 9.67. The van der Waals surface area contributed by atoms with Gasteiger partial charge >= 0.3 is 0 Å². The van der Waals surface area contributed by atoms with Crippen LogP contribution in [0.2, 0.25) is 0 Å². The van der Waals surface area contributed by atoms with Crippen LogP contribution in [0.25, 0.3) is 0 Å². The molecule has 0 radical (unpaired) electrons. The molecule has 1 aliphatic rings. The van der Waals surface area contributed by atoms with Gasteiger partial charge in [0.05, 0.1) is 0 Å². The highest BCUT2D eigenvalue weighted by atomic mass is 15.1. The molecule has 1 fully saturated rings. The van der Waals surface area contributed by atoms with Crippen LogP contribution < -0.4 is 5.32 Å². The van der Waals surface area contributed by atoms with Gasteiger partial charge in [-0.1, -0.05) is 34.1 Å². The van der Waals surface area contributed by atoms with Crippen molar-refractivity contribution in [3.05, 3.63) is 0 Å². The highest BCUT2D eigenvalue weighted by Crippen LogP contribution is 2.39. The van der Waals surface area contributed by atoms with E-state index in [1.807, 2.05) is 0 Å². The molecule has 0 aromatic carbocycles. The molecule has 3 unspecified atom stereocenters. The second kappa shape index (κ2) is 6.91. The summed E-state index contributed by atoms with van der Waals surface area (Å²) >= 11 is 0. The predicted molar refractivity (Wildman–Crippen MR) is 81.0 cm³/mol. The highest BCUT2D eigenvalue weighted by molar-refractivity contribution is 4.94. The van der Waals surface area contributed by atoms with Crippen LogP contribution in [0.5, 0.6) is 0 Å². The van der Waals surface area contributed by atoms with Crippen molar-refractivity contribution in [2.24, 2.45) is 11.3 Å². The largest absolute Gasteiger partial charge is 0.313 e. The first-order chi connectivity index (χ1) is 8.42. The Bertz CT molecular complexity index is 237. The molecule has 0 aromatic rings. The van der Waals surface area contributed by atoms with Crippen LogP contribution in [-0.4, -0.2) is 37.1 Å². The zero-order chi connectivity index (χ0) is 13.8. The minimum absolute atomic E-state index is 0.454. The number of rotatable bonds is 6. The average Bonchev–Trinajstić information content (AvgIpc) is 2.32. The molecule has 1 saturated carbocycles. The molecule has 0 heterocycles. The quantitative estimate of drug-likeness (QED) is 0.780. The van der Waals surface area contributed by atoms with Crippen molar-refractivity contribution in [2.45, 2.75) is 72.4 Å². The summed E-state index contributed by atoms with van der Waals surface area (Å²) in [5, 5.41) is 3.76. The Hall–Kier alpha value is -0.0800. The molecule has 0 saturated heterocycles. The Labute approximate surface area is 115 Å². The molecule has 0 aliphatic heterocycles. The van der Waals surface area contributed by atoms with E-state index in [1.165, 1.54) is 32.2 Å². The van der Waals surface area contributed by atoms with Crippen LogP contribution in [-0.2, 0) is 0 Å². The van der Waals surface area contributed by atoms with Crippen molar-refractivity contribution < 1.29 is 0 Å². The Kier molecular flexibility index (Phi) is 6.13. The summed E-state index contributed by atoms with van der Waals surface area (Å²) in [7, 11) is 2.29. The molecule has 0 bridgehead atoms. The molecule has 2 nitrogen and oxygen atoms in total. The Morgan fingerprint density at radius 2 is 2.00 bits per heavy atom. The highest BCUT2D eigenvalue weighted by Gasteiger charge is 2.38. The first-order valence-electron chi connectivity index (χ1n) is 7.86.